The molecule has 98 valence electrons. The second-order valence-corrected chi connectivity index (χ2v) is 6.01. The first-order valence-corrected chi connectivity index (χ1v) is 7.15. The quantitative estimate of drug-likeness (QED) is 0.858. The van der Waals surface area contributed by atoms with E-state index in [2.05, 4.69) is 35.1 Å². The van der Waals surface area contributed by atoms with Gasteiger partial charge in [-0.3, -0.25) is 4.79 Å². The molecular weight excluding hydrogens is 316 g/mol. The standard InChI is InChI=1S/C13H16BrClN2O/c1-8-7-17(9(2)6-16-8)13(18)10-3-4-12(15)11(14)5-10/h3-5,8-9,16H,6-7H2,1-2H3. The smallest absolute Gasteiger partial charge is 0.254 e. The van der Waals surface area contributed by atoms with Gasteiger partial charge in [0.25, 0.3) is 5.91 Å². The van der Waals surface area contributed by atoms with Crippen molar-refractivity contribution in [1.29, 1.82) is 0 Å². The molecule has 1 aliphatic heterocycles. The summed E-state index contributed by atoms with van der Waals surface area (Å²) in [4.78, 5) is 14.4. The monoisotopic (exact) mass is 330 g/mol. The Bertz CT molecular complexity index is 466. The SMILES string of the molecule is CC1CN(C(=O)c2ccc(Cl)c(Br)c2)C(C)CN1. The molecule has 0 bridgehead atoms. The highest BCUT2D eigenvalue weighted by Gasteiger charge is 2.27. The Labute approximate surface area is 121 Å². The lowest BCUT2D eigenvalue weighted by Crippen LogP contribution is -2.56. The number of nitrogens with one attached hydrogen (secondary N) is 1. The fourth-order valence-electron chi connectivity index (χ4n) is 2.10. The van der Waals surface area contributed by atoms with Crippen LogP contribution in [0.1, 0.15) is 24.2 Å². The lowest BCUT2D eigenvalue weighted by Gasteiger charge is -2.37. The zero-order valence-electron chi connectivity index (χ0n) is 10.4. The normalized spacial score (nSPS) is 24.1. The van der Waals surface area contributed by atoms with Gasteiger partial charge in [-0.2, -0.15) is 0 Å². The Balaban J connectivity index is 2.21. The number of nitrogens with zero attached hydrogens (tertiary/aromatic N) is 1. The molecule has 1 saturated heterocycles. The van der Waals surface area contributed by atoms with E-state index in [1.165, 1.54) is 0 Å². The van der Waals surface area contributed by atoms with Crippen LogP contribution in [0, 0.1) is 0 Å². The first-order chi connectivity index (χ1) is 8.49. The molecule has 2 atom stereocenters. The minimum Gasteiger partial charge on any atom is -0.333 e. The molecule has 0 spiro atoms. The van der Waals surface area contributed by atoms with Crippen molar-refractivity contribution in [3.05, 3.63) is 33.3 Å². The summed E-state index contributed by atoms with van der Waals surface area (Å²) in [6, 6.07) is 5.85. The molecule has 0 aromatic heterocycles. The van der Waals surface area contributed by atoms with E-state index >= 15 is 0 Å². The number of rotatable bonds is 1. The van der Waals surface area contributed by atoms with Crippen LogP contribution in [0.15, 0.2) is 22.7 Å². The number of carbonyl (C=O) groups is 1. The average Bonchev–Trinajstić information content (AvgIpc) is 2.35. The van der Waals surface area contributed by atoms with Crippen LogP contribution < -0.4 is 5.32 Å². The third kappa shape index (κ3) is 2.87. The second-order valence-electron chi connectivity index (χ2n) is 4.74. The van der Waals surface area contributed by atoms with Gasteiger partial charge in [-0.25, -0.2) is 0 Å². The summed E-state index contributed by atoms with van der Waals surface area (Å²) in [5, 5.41) is 3.98. The number of benzene rings is 1. The number of piperazine rings is 1. The van der Waals surface area contributed by atoms with E-state index in [1.807, 2.05) is 4.90 Å². The molecule has 1 N–H and O–H groups in total. The topological polar surface area (TPSA) is 32.3 Å². The van der Waals surface area contributed by atoms with E-state index in [9.17, 15) is 4.79 Å². The molecule has 1 aliphatic rings. The molecular formula is C13H16BrClN2O. The van der Waals surface area contributed by atoms with Gasteiger partial charge in [0.2, 0.25) is 0 Å². The lowest BCUT2D eigenvalue weighted by molar-refractivity contribution is 0.0616. The second kappa shape index (κ2) is 5.59. The fraction of sp³-hybridized carbons (Fsp3) is 0.462. The van der Waals surface area contributed by atoms with E-state index in [-0.39, 0.29) is 11.9 Å². The molecule has 2 rings (SSSR count). The van der Waals surface area contributed by atoms with Crippen molar-refractivity contribution in [3.8, 4) is 0 Å². The van der Waals surface area contributed by atoms with E-state index in [1.54, 1.807) is 18.2 Å². The highest BCUT2D eigenvalue weighted by atomic mass is 79.9. The maximum Gasteiger partial charge on any atom is 0.254 e. The summed E-state index contributed by atoms with van der Waals surface area (Å²) in [6.45, 7) is 5.72. The highest BCUT2D eigenvalue weighted by Crippen LogP contribution is 2.24. The van der Waals surface area contributed by atoms with Crippen molar-refractivity contribution in [2.45, 2.75) is 25.9 Å². The van der Waals surface area contributed by atoms with Crippen LogP contribution in [-0.2, 0) is 0 Å². The minimum atomic E-state index is 0.0632. The van der Waals surface area contributed by atoms with E-state index in [0.29, 0.717) is 16.6 Å². The zero-order chi connectivity index (χ0) is 13.3. The molecule has 5 heteroatoms. The molecule has 0 radical (unpaired) electrons. The van der Waals surface area contributed by atoms with E-state index in [4.69, 9.17) is 11.6 Å². The highest BCUT2D eigenvalue weighted by molar-refractivity contribution is 9.10. The minimum absolute atomic E-state index is 0.0632. The molecule has 1 fully saturated rings. The number of halogens is 2. The van der Waals surface area contributed by atoms with Crippen LogP contribution in [0.4, 0.5) is 0 Å². The predicted octanol–water partition coefficient (Wildman–Crippen LogP) is 2.92. The van der Waals surface area contributed by atoms with Crippen LogP contribution in [-0.4, -0.2) is 36.0 Å². The fourth-order valence-corrected chi connectivity index (χ4v) is 2.60. The molecule has 0 saturated carbocycles. The first-order valence-electron chi connectivity index (χ1n) is 5.98. The van der Waals surface area contributed by atoms with Crippen molar-refractivity contribution in [2.75, 3.05) is 13.1 Å². The third-order valence-electron chi connectivity index (χ3n) is 3.19. The summed E-state index contributed by atoms with van der Waals surface area (Å²) in [5.74, 6) is 0.0632. The summed E-state index contributed by atoms with van der Waals surface area (Å²) < 4.78 is 0.755. The average molecular weight is 332 g/mol. The van der Waals surface area contributed by atoms with Crippen molar-refractivity contribution >= 4 is 33.4 Å². The Hall–Kier alpha value is -0.580. The first kappa shape index (κ1) is 13.8. The maximum absolute atomic E-state index is 12.5. The maximum atomic E-state index is 12.5. The van der Waals surface area contributed by atoms with Crippen LogP contribution >= 0.6 is 27.5 Å². The predicted molar refractivity (Wildman–Crippen MR) is 77.1 cm³/mol. The van der Waals surface area contributed by atoms with Gasteiger partial charge in [0.05, 0.1) is 5.02 Å². The number of amides is 1. The number of hydrogen-bond donors (Lipinski definition) is 1. The van der Waals surface area contributed by atoms with Crippen LogP contribution in [0.25, 0.3) is 0 Å². The van der Waals surface area contributed by atoms with Crippen molar-refractivity contribution < 1.29 is 4.79 Å². The van der Waals surface area contributed by atoms with Crippen LogP contribution in [0.3, 0.4) is 0 Å². The van der Waals surface area contributed by atoms with Crippen LogP contribution in [0.2, 0.25) is 5.02 Å². The van der Waals surface area contributed by atoms with E-state index in [0.717, 1.165) is 17.6 Å². The van der Waals surface area contributed by atoms with Gasteiger partial charge in [-0.15, -0.1) is 0 Å². The van der Waals surface area contributed by atoms with Crippen LogP contribution in [0.5, 0.6) is 0 Å². The molecule has 1 aromatic carbocycles. The molecule has 2 unspecified atom stereocenters. The molecule has 1 heterocycles. The van der Waals surface area contributed by atoms with E-state index < -0.39 is 0 Å². The molecule has 3 nitrogen and oxygen atoms in total. The molecule has 1 aromatic rings. The molecule has 1 amide bonds. The van der Waals surface area contributed by atoms with Gasteiger partial charge in [0.15, 0.2) is 0 Å². The third-order valence-corrected chi connectivity index (χ3v) is 4.41. The number of hydrogen-bond acceptors (Lipinski definition) is 2. The van der Waals surface area contributed by atoms with Gasteiger partial charge in [-0.1, -0.05) is 11.6 Å². The Morgan fingerprint density at radius 2 is 2.22 bits per heavy atom. The summed E-state index contributed by atoms with van der Waals surface area (Å²) >= 11 is 9.29. The van der Waals surface area contributed by atoms with Gasteiger partial charge >= 0.3 is 0 Å². The van der Waals surface area contributed by atoms with Crippen molar-refractivity contribution in [2.24, 2.45) is 0 Å². The van der Waals surface area contributed by atoms with Crippen molar-refractivity contribution in [3.63, 3.8) is 0 Å². The lowest BCUT2D eigenvalue weighted by atomic mass is 10.1. The van der Waals surface area contributed by atoms with Crippen molar-refractivity contribution in [1.82, 2.24) is 10.2 Å². The van der Waals surface area contributed by atoms with Gasteiger partial charge < -0.3 is 10.2 Å². The molecule has 0 aliphatic carbocycles. The van der Waals surface area contributed by atoms with Gasteiger partial charge in [-0.05, 0) is 48.0 Å². The summed E-state index contributed by atoms with van der Waals surface area (Å²) in [7, 11) is 0. The molecule has 18 heavy (non-hydrogen) atoms. The zero-order valence-corrected chi connectivity index (χ0v) is 12.8. The summed E-state index contributed by atoms with van der Waals surface area (Å²) in [5.41, 5.74) is 0.673. The number of carbonyl (C=O) groups excluding carboxylic acids is 1. The van der Waals surface area contributed by atoms with Gasteiger partial charge in [0.1, 0.15) is 0 Å². The Morgan fingerprint density at radius 1 is 1.50 bits per heavy atom. The summed E-state index contributed by atoms with van der Waals surface area (Å²) in [6.07, 6.45) is 0. The largest absolute Gasteiger partial charge is 0.333 e. The Kier molecular flexibility index (Phi) is 4.30. The van der Waals surface area contributed by atoms with Gasteiger partial charge in [0, 0.05) is 35.2 Å². The Morgan fingerprint density at radius 3 is 2.89 bits per heavy atom.